The topological polar surface area (TPSA) is 20.3 Å². The first kappa shape index (κ1) is 12.2. The number of likely N-dealkylation sites (tertiary alicyclic amines) is 1. The number of nitrogens with zero attached hydrogens (tertiary/aromatic N) is 1. The van der Waals surface area contributed by atoms with Crippen LogP contribution < -0.4 is 0 Å². The summed E-state index contributed by atoms with van der Waals surface area (Å²) in [6.45, 7) is 1.41. The van der Waals surface area contributed by atoms with E-state index in [0.717, 1.165) is 25.9 Å². The molecule has 1 aromatic rings. The van der Waals surface area contributed by atoms with Crippen LogP contribution in [-0.4, -0.2) is 36.5 Å². The summed E-state index contributed by atoms with van der Waals surface area (Å²) in [5.74, 6) is 0.0603. The fourth-order valence-electron chi connectivity index (χ4n) is 2.43. The van der Waals surface area contributed by atoms with Gasteiger partial charge in [0, 0.05) is 5.56 Å². The van der Waals surface area contributed by atoms with E-state index in [4.69, 9.17) is 0 Å². The molecule has 0 aromatic heterocycles. The van der Waals surface area contributed by atoms with Gasteiger partial charge in [-0.1, -0.05) is 30.3 Å². The van der Waals surface area contributed by atoms with Crippen molar-refractivity contribution in [3.05, 3.63) is 35.9 Å². The number of Topliss-reactive ketones (excluding diaryl/α,β-unsaturated/α-hetero) is 1. The highest BCUT2D eigenvalue weighted by Gasteiger charge is 2.28. The largest absolute Gasteiger partial charge is 0.293 e. The van der Waals surface area contributed by atoms with Crippen LogP contribution in [0.15, 0.2) is 30.3 Å². The molecule has 2 rings (SSSR count). The summed E-state index contributed by atoms with van der Waals surface area (Å²) in [5, 5.41) is 0. The van der Waals surface area contributed by atoms with Gasteiger partial charge < -0.3 is 0 Å². The highest BCUT2D eigenvalue weighted by atomic mass is 19.1. The van der Waals surface area contributed by atoms with Crippen LogP contribution in [-0.2, 0) is 0 Å². The minimum Gasteiger partial charge on any atom is -0.293 e. The Morgan fingerprint density at radius 1 is 1.24 bits per heavy atom. The van der Waals surface area contributed by atoms with Crippen LogP contribution in [0.4, 0.5) is 4.39 Å². The molecule has 1 aliphatic heterocycles. The van der Waals surface area contributed by atoms with E-state index in [2.05, 4.69) is 4.90 Å². The predicted molar refractivity (Wildman–Crippen MR) is 66.0 cm³/mol. The zero-order valence-corrected chi connectivity index (χ0v) is 9.94. The van der Waals surface area contributed by atoms with Gasteiger partial charge in [-0.15, -0.1) is 0 Å². The summed E-state index contributed by atoms with van der Waals surface area (Å²) < 4.78 is 12.6. The Balaban J connectivity index is 2.12. The van der Waals surface area contributed by atoms with Crippen LogP contribution in [0.3, 0.4) is 0 Å². The van der Waals surface area contributed by atoms with Gasteiger partial charge in [-0.25, -0.2) is 0 Å². The Bertz CT molecular complexity index is 360. The van der Waals surface area contributed by atoms with E-state index < -0.39 is 6.67 Å². The highest BCUT2D eigenvalue weighted by molar-refractivity contribution is 6.00. The molecule has 0 saturated carbocycles. The standard InChI is InChI=1S/C14H18FNO/c15-9-8-13(16-10-4-5-11-16)14(17)12-6-2-1-3-7-12/h1-3,6-7,13H,4-5,8-11H2. The van der Waals surface area contributed by atoms with Crippen molar-refractivity contribution in [1.29, 1.82) is 0 Å². The monoisotopic (exact) mass is 235 g/mol. The van der Waals surface area contributed by atoms with E-state index in [9.17, 15) is 9.18 Å². The van der Waals surface area contributed by atoms with Gasteiger partial charge in [0.05, 0.1) is 12.7 Å². The van der Waals surface area contributed by atoms with Crippen LogP contribution in [0, 0.1) is 0 Å². The third-order valence-corrected chi connectivity index (χ3v) is 3.32. The van der Waals surface area contributed by atoms with Gasteiger partial charge in [0.25, 0.3) is 0 Å². The van der Waals surface area contributed by atoms with Gasteiger partial charge >= 0.3 is 0 Å². The first-order valence-electron chi connectivity index (χ1n) is 6.22. The van der Waals surface area contributed by atoms with E-state index in [-0.39, 0.29) is 11.8 Å². The van der Waals surface area contributed by atoms with E-state index in [1.165, 1.54) is 0 Å². The molecule has 0 amide bonds. The number of ketones is 1. The molecule has 0 radical (unpaired) electrons. The summed E-state index contributed by atoms with van der Waals surface area (Å²) in [7, 11) is 0. The molecule has 3 heteroatoms. The Labute approximate surface area is 101 Å². The molecular weight excluding hydrogens is 217 g/mol. The second kappa shape index (κ2) is 5.92. The maximum absolute atomic E-state index is 12.6. The van der Waals surface area contributed by atoms with Crippen LogP contribution in [0.5, 0.6) is 0 Å². The zero-order chi connectivity index (χ0) is 12.1. The Kier molecular flexibility index (Phi) is 4.26. The SMILES string of the molecule is O=C(c1ccccc1)C(CCF)N1CCCC1. The summed E-state index contributed by atoms with van der Waals surface area (Å²) in [6, 6.07) is 8.93. The van der Waals surface area contributed by atoms with E-state index in [1.807, 2.05) is 30.3 Å². The lowest BCUT2D eigenvalue weighted by Crippen LogP contribution is -2.39. The van der Waals surface area contributed by atoms with Crippen molar-refractivity contribution < 1.29 is 9.18 Å². The van der Waals surface area contributed by atoms with E-state index >= 15 is 0 Å². The Hall–Kier alpha value is -1.22. The van der Waals surface area contributed by atoms with Crippen molar-refractivity contribution >= 4 is 5.78 Å². The lowest BCUT2D eigenvalue weighted by Gasteiger charge is -2.25. The average Bonchev–Trinajstić information content (AvgIpc) is 2.90. The quantitative estimate of drug-likeness (QED) is 0.731. The molecular formula is C14H18FNO. The Morgan fingerprint density at radius 3 is 2.47 bits per heavy atom. The maximum atomic E-state index is 12.6. The Morgan fingerprint density at radius 2 is 1.88 bits per heavy atom. The summed E-state index contributed by atoms with van der Waals surface area (Å²) >= 11 is 0. The predicted octanol–water partition coefficient (Wildman–Crippen LogP) is 2.69. The third-order valence-electron chi connectivity index (χ3n) is 3.32. The second-order valence-corrected chi connectivity index (χ2v) is 4.47. The molecule has 1 saturated heterocycles. The van der Waals surface area contributed by atoms with Gasteiger partial charge in [-0.3, -0.25) is 14.1 Å². The molecule has 1 aromatic carbocycles. The minimum absolute atomic E-state index is 0.0603. The fourth-order valence-corrected chi connectivity index (χ4v) is 2.43. The van der Waals surface area contributed by atoms with Gasteiger partial charge in [0.15, 0.2) is 5.78 Å². The molecule has 0 aliphatic carbocycles. The van der Waals surface area contributed by atoms with Gasteiger partial charge in [-0.05, 0) is 32.4 Å². The normalized spacial score (nSPS) is 18.2. The molecule has 0 bridgehead atoms. The second-order valence-electron chi connectivity index (χ2n) is 4.47. The van der Waals surface area contributed by atoms with Gasteiger partial charge in [-0.2, -0.15) is 0 Å². The average molecular weight is 235 g/mol. The molecule has 2 nitrogen and oxygen atoms in total. The molecule has 0 N–H and O–H groups in total. The zero-order valence-electron chi connectivity index (χ0n) is 9.94. The van der Waals surface area contributed by atoms with Crippen molar-refractivity contribution in [3.8, 4) is 0 Å². The molecule has 1 heterocycles. The van der Waals surface area contributed by atoms with Crippen molar-refractivity contribution in [3.63, 3.8) is 0 Å². The smallest absolute Gasteiger partial charge is 0.180 e. The molecule has 92 valence electrons. The van der Waals surface area contributed by atoms with Crippen molar-refractivity contribution in [2.75, 3.05) is 19.8 Å². The highest BCUT2D eigenvalue weighted by Crippen LogP contribution is 2.18. The lowest BCUT2D eigenvalue weighted by atomic mass is 10.0. The number of hydrogen-bond acceptors (Lipinski definition) is 2. The van der Waals surface area contributed by atoms with Gasteiger partial charge in [0.1, 0.15) is 0 Å². The number of hydrogen-bond donors (Lipinski definition) is 0. The minimum atomic E-state index is -0.431. The molecule has 1 aliphatic rings. The summed E-state index contributed by atoms with van der Waals surface area (Å²) in [4.78, 5) is 14.4. The summed E-state index contributed by atoms with van der Waals surface area (Å²) in [5.41, 5.74) is 0.692. The lowest BCUT2D eigenvalue weighted by molar-refractivity contribution is 0.0828. The molecule has 1 unspecified atom stereocenters. The maximum Gasteiger partial charge on any atom is 0.180 e. The first-order valence-corrected chi connectivity index (χ1v) is 6.22. The van der Waals surface area contributed by atoms with Crippen molar-refractivity contribution in [2.45, 2.75) is 25.3 Å². The van der Waals surface area contributed by atoms with Gasteiger partial charge in [0.2, 0.25) is 0 Å². The third kappa shape index (κ3) is 2.91. The number of carbonyl (C=O) groups is 1. The number of alkyl halides is 1. The number of rotatable bonds is 5. The molecule has 1 atom stereocenters. The number of carbonyl (C=O) groups excluding carboxylic acids is 1. The van der Waals surface area contributed by atoms with Crippen molar-refractivity contribution in [2.24, 2.45) is 0 Å². The first-order chi connectivity index (χ1) is 8.33. The summed E-state index contributed by atoms with van der Waals surface area (Å²) in [6.07, 6.45) is 2.55. The van der Waals surface area contributed by atoms with Crippen LogP contribution in [0.25, 0.3) is 0 Å². The molecule has 17 heavy (non-hydrogen) atoms. The fraction of sp³-hybridized carbons (Fsp3) is 0.500. The van der Waals surface area contributed by atoms with Crippen LogP contribution >= 0.6 is 0 Å². The van der Waals surface area contributed by atoms with Crippen LogP contribution in [0.1, 0.15) is 29.6 Å². The molecule has 0 spiro atoms. The molecule has 1 fully saturated rings. The number of halogens is 1. The van der Waals surface area contributed by atoms with E-state index in [1.54, 1.807) is 0 Å². The number of benzene rings is 1. The van der Waals surface area contributed by atoms with Crippen LogP contribution in [0.2, 0.25) is 0 Å². The van der Waals surface area contributed by atoms with E-state index in [0.29, 0.717) is 12.0 Å². The van der Waals surface area contributed by atoms with Crippen molar-refractivity contribution in [1.82, 2.24) is 4.90 Å².